The van der Waals surface area contributed by atoms with Gasteiger partial charge in [0.05, 0.1) is 19.8 Å². The van der Waals surface area contributed by atoms with E-state index in [9.17, 15) is 13.2 Å². The lowest BCUT2D eigenvalue weighted by molar-refractivity contribution is -0.117. The maximum Gasteiger partial charge on any atom is 0.244 e. The number of aromatic nitrogens is 1. The Labute approximate surface area is 201 Å². The summed E-state index contributed by atoms with van der Waals surface area (Å²) in [5, 5.41) is 2.97. The number of amides is 1. The molecule has 2 aromatic rings. The molecule has 4 rings (SSSR count). The van der Waals surface area contributed by atoms with Crippen molar-refractivity contribution < 1.29 is 17.9 Å². The predicted molar refractivity (Wildman–Crippen MR) is 132 cm³/mol. The molecule has 1 aromatic heterocycles. The molecule has 1 aromatic carbocycles. The summed E-state index contributed by atoms with van der Waals surface area (Å²) in [6, 6.07) is 11.4. The number of ether oxygens (including phenoxy) is 1. The highest BCUT2D eigenvalue weighted by Crippen LogP contribution is 2.20. The van der Waals surface area contributed by atoms with Crippen LogP contribution in [0.3, 0.4) is 0 Å². The molecule has 0 bridgehead atoms. The summed E-state index contributed by atoms with van der Waals surface area (Å²) in [5.41, 5.74) is 2.09. The molecule has 2 fully saturated rings. The van der Waals surface area contributed by atoms with Crippen molar-refractivity contribution in [2.75, 3.05) is 69.2 Å². The molecule has 0 unspecified atom stereocenters. The van der Waals surface area contributed by atoms with Crippen molar-refractivity contribution in [1.82, 2.24) is 14.2 Å². The molecule has 184 valence electrons. The van der Waals surface area contributed by atoms with Crippen molar-refractivity contribution >= 4 is 27.4 Å². The number of nitrogens with one attached hydrogen (secondary N) is 1. The van der Waals surface area contributed by atoms with Crippen molar-refractivity contribution in [2.45, 2.75) is 24.7 Å². The first-order valence-electron chi connectivity index (χ1n) is 11.9. The number of pyridine rings is 1. The lowest BCUT2D eigenvalue weighted by Crippen LogP contribution is -2.49. The summed E-state index contributed by atoms with van der Waals surface area (Å²) in [5.74, 6) is 0.727. The topological polar surface area (TPSA) is 95.1 Å². The van der Waals surface area contributed by atoms with Crippen LogP contribution in [0.25, 0.3) is 0 Å². The minimum atomic E-state index is -3.54. The maximum atomic E-state index is 12.8. The van der Waals surface area contributed by atoms with Gasteiger partial charge in [0.2, 0.25) is 15.9 Å². The quantitative estimate of drug-likeness (QED) is 0.607. The molecular weight excluding hydrogens is 454 g/mol. The normalized spacial score (nSPS) is 18.1. The van der Waals surface area contributed by atoms with Crippen LogP contribution >= 0.6 is 0 Å². The largest absolute Gasteiger partial charge is 0.379 e. The molecule has 0 aliphatic carbocycles. The number of hydrogen-bond donors (Lipinski definition) is 1. The Bertz CT molecular complexity index is 1050. The third-order valence-electron chi connectivity index (χ3n) is 6.17. The van der Waals surface area contributed by atoms with E-state index in [1.165, 1.54) is 16.1 Å². The van der Waals surface area contributed by atoms with Gasteiger partial charge in [-0.05, 0) is 36.2 Å². The number of carbonyl (C=O) groups is 1. The van der Waals surface area contributed by atoms with Gasteiger partial charge >= 0.3 is 0 Å². The zero-order valence-corrected chi connectivity index (χ0v) is 20.5. The lowest BCUT2D eigenvalue weighted by Gasteiger charge is -2.35. The van der Waals surface area contributed by atoms with Crippen LogP contribution in [0.5, 0.6) is 0 Å². The van der Waals surface area contributed by atoms with E-state index in [-0.39, 0.29) is 10.8 Å². The van der Waals surface area contributed by atoms with Gasteiger partial charge < -0.3 is 15.0 Å². The van der Waals surface area contributed by atoms with Gasteiger partial charge in [-0.15, -0.1) is 0 Å². The Hall–Kier alpha value is -2.53. The van der Waals surface area contributed by atoms with E-state index in [1.807, 2.05) is 12.1 Å². The number of nitrogens with zero attached hydrogens (tertiary/aromatic N) is 4. The summed E-state index contributed by atoms with van der Waals surface area (Å²) in [6.45, 7) is 6.97. The average Bonchev–Trinajstić information content (AvgIpc) is 2.86. The first kappa shape index (κ1) is 24.6. The number of anilines is 2. The lowest BCUT2D eigenvalue weighted by atomic mass is 10.1. The first-order chi connectivity index (χ1) is 16.5. The molecule has 3 heterocycles. The third kappa shape index (κ3) is 6.12. The van der Waals surface area contributed by atoms with E-state index in [4.69, 9.17) is 4.74 Å². The summed E-state index contributed by atoms with van der Waals surface area (Å²) in [6.07, 6.45) is 3.58. The maximum absolute atomic E-state index is 12.8. The van der Waals surface area contributed by atoms with Crippen molar-refractivity contribution in [2.24, 2.45) is 0 Å². The van der Waals surface area contributed by atoms with E-state index < -0.39 is 10.0 Å². The Morgan fingerprint density at radius 3 is 2.32 bits per heavy atom. The molecular formula is C24H33N5O4S. The van der Waals surface area contributed by atoms with E-state index in [2.05, 4.69) is 39.2 Å². The minimum absolute atomic E-state index is 0.0208. The molecule has 0 radical (unpaired) electrons. The smallest absolute Gasteiger partial charge is 0.244 e. The molecule has 0 atom stereocenters. The Morgan fingerprint density at radius 1 is 1.00 bits per heavy atom. The number of rotatable bonds is 8. The Morgan fingerprint density at radius 2 is 1.71 bits per heavy atom. The molecule has 1 N–H and O–H groups in total. The number of morpholine rings is 1. The van der Waals surface area contributed by atoms with Crippen LogP contribution in [0.15, 0.2) is 47.5 Å². The highest BCUT2D eigenvalue weighted by Gasteiger charge is 2.27. The fourth-order valence-corrected chi connectivity index (χ4v) is 5.58. The van der Waals surface area contributed by atoms with Crippen LogP contribution in [0.4, 0.5) is 11.5 Å². The number of carbonyl (C=O) groups excluding carboxylic acids is 1. The molecule has 2 aliphatic heterocycles. The van der Waals surface area contributed by atoms with Crippen LogP contribution in [-0.2, 0) is 26.0 Å². The highest BCUT2D eigenvalue weighted by molar-refractivity contribution is 7.89. The summed E-state index contributed by atoms with van der Waals surface area (Å²) < 4.78 is 32.2. The second-order valence-electron chi connectivity index (χ2n) is 8.63. The molecule has 2 saturated heterocycles. The molecule has 2 aliphatic rings. The van der Waals surface area contributed by atoms with E-state index >= 15 is 0 Å². The number of aryl methyl sites for hydroxylation is 1. The summed E-state index contributed by atoms with van der Waals surface area (Å²) >= 11 is 0. The number of sulfonamides is 1. The van der Waals surface area contributed by atoms with Gasteiger partial charge in [0.1, 0.15) is 10.7 Å². The molecule has 0 spiro atoms. The predicted octanol–water partition coefficient (Wildman–Crippen LogP) is 1.82. The molecule has 34 heavy (non-hydrogen) atoms. The van der Waals surface area contributed by atoms with E-state index in [0.29, 0.717) is 32.8 Å². The zero-order chi connectivity index (χ0) is 24.0. The van der Waals surface area contributed by atoms with Crippen LogP contribution in [0.2, 0.25) is 0 Å². The second kappa shape index (κ2) is 11.3. The van der Waals surface area contributed by atoms with Gasteiger partial charge in [0.25, 0.3) is 0 Å². The number of hydrogen-bond acceptors (Lipinski definition) is 7. The SMILES string of the molecule is CCCc1ccc(NC(=O)CN2CCN(c3ccc(S(=O)(=O)N4CCOCC4)cn3)CC2)cc1. The van der Waals surface area contributed by atoms with Crippen LogP contribution in [0.1, 0.15) is 18.9 Å². The number of piperazine rings is 1. The van der Waals surface area contributed by atoms with Gasteiger partial charge in [-0.3, -0.25) is 9.69 Å². The number of benzene rings is 1. The fourth-order valence-electron chi connectivity index (χ4n) is 4.23. The van der Waals surface area contributed by atoms with Crippen LogP contribution in [-0.4, -0.2) is 87.5 Å². The van der Waals surface area contributed by atoms with Crippen molar-refractivity contribution in [3.63, 3.8) is 0 Å². The first-order valence-corrected chi connectivity index (χ1v) is 13.3. The zero-order valence-electron chi connectivity index (χ0n) is 19.6. The highest BCUT2D eigenvalue weighted by atomic mass is 32.2. The Kier molecular flexibility index (Phi) is 8.15. The Balaban J connectivity index is 1.26. The van der Waals surface area contributed by atoms with E-state index in [0.717, 1.165) is 50.5 Å². The molecule has 1 amide bonds. The molecule has 9 nitrogen and oxygen atoms in total. The van der Waals surface area contributed by atoms with Crippen molar-refractivity contribution in [3.05, 3.63) is 48.2 Å². The van der Waals surface area contributed by atoms with Gasteiger partial charge in [0.15, 0.2) is 0 Å². The summed E-state index contributed by atoms with van der Waals surface area (Å²) in [4.78, 5) is 21.3. The van der Waals surface area contributed by atoms with E-state index in [1.54, 1.807) is 12.1 Å². The van der Waals surface area contributed by atoms with Gasteiger partial charge in [-0.1, -0.05) is 25.5 Å². The third-order valence-corrected chi connectivity index (χ3v) is 8.05. The fraction of sp³-hybridized carbons (Fsp3) is 0.500. The van der Waals surface area contributed by atoms with Crippen LogP contribution in [0, 0.1) is 0 Å². The summed E-state index contributed by atoms with van der Waals surface area (Å²) in [7, 11) is -3.54. The molecule has 10 heteroatoms. The van der Waals surface area contributed by atoms with Crippen LogP contribution < -0.4 is 10.2 Å². The average molecular weight is 488 g/mol. The van der Waals surface area contributed by atoms with Gasteiger partial charge in [0, 0.05) is 51.2 Å². The second-order valence-corrected chi connectivity index (χ2v) is 10.6. The minimum Gasteiger partial charge on any atom is -0.379 e. The van der Waals surface area contributed by atoms with Crippen molar-refractivity contribution in [3.8, 4) is 0 Å². The van der Waals surface area contributed by atoms with Crippen molar-refractivity contribution in [1.29, 1.82) is 0 Å². The standard InChI is InChI=1S/C24H33N5O4S/c1-2-3-20-4-6-21(7-5-20)26-24(30)19-27-10-12-28(13-11-27)23-9-8-22(18-25-23)34(31,32)29-14-16-33-17-15-29/h4-9,18H,2-3,10-17,19H2,1H3,(H,26,30). The molecule has 0 saturated carbocycles. The monoisotopic (exact) mass is 487 g/mol. The van der Waals surface area contributed by atoms with Gasteiger partial charge in [-0.25, -0.2) is 13.4 Å². The van der Waals surface area contributed by atoms with Gasteiger partial charge in [-0.2, -0.15) is 4.31 Å².